The highest BCUT2D eigenvalue weighted by Crippen LogP contribution is 2.03. The third kappa shape index (κ3) is 4.72. The highest BCUT2D eigenvalue weighted by atomic mass is 14.9. The molecule has 0 saturated carbocycles. The molecule has 0 aliphatic carbocycles. The summed E-state index contributed by atoms with van der Waals surface area (Å²) in [5.74, 6) is 0. The number of hydrogen-bond donors (Lipinski definition) is 1. The molecule has 0 unspecified atom stereocenters. The van der Waals surface area contributed by atoms with Crippen LogP contribution >= 0.6 is 0 Å². The number of rotatable bonds is 2. The van der Waals surface area contributed by atoms with Crippen molar-refractivity contribution in [3.63, 3.8) is 0 Å². The van der Waals surface area contributed by atoms with Crippen molar-refractivity contribution >= 4 is 5.69 Å². The number of hydrogen-bond acceptors (Lipinski definition) is 2. The van der Waals surface area contributed by atoms with E-state index in [4.69, 9.17) is 0 Å². The average molecular weight is 166 g/mol. The zero-order valence-electron chi connectivity index (χ0n) is 8.33. The van der Waals surface area contributed by atoms with E-state index in [1.807, 2.05) is 32.2 Å². The van der Waals surface area contributed by atoms with Gasteiger partial charge in [-0.1, -0.05) is 13.8 Å². The van der Waals surface area contributed by atoms with Gasteiger partial charge in [0.25, 0.3) is 0 Å². The molecule has 0 fully saturated rings. The Morgan fingerprint density at radius 1 is 1.33 bits per heavy atom. The lowest BCUT2D eigenvalue weighted by Gasteiger charge is -2.07. The first-order chi connectivity index (χ1) is 5.79. The maximum absolute atomic E-state index is 3.98. The normalized spacial score (nSPS) is 8.75. The van der Waals surface area contributed by atoms with Crippen LogP contribution < -0.4 is 5.32 Å². The first-order valence-electron chi connectivity index (χ1n) is 4.45. The van der Waals surface area contributed by atoms with Crippen molar-refractivity contribution < 1.29 is 0 Å². The summed E-state index contributed by atoms with van der Waals surface area (Å²) in [5, 5.41) is 3.24. The van der Waals surface area contributed by atoms with E-state index in [0.29, 0.717) is 6.04 Å². The van der Waals surface area contributed by atoms with Crippen molar-refractivity contribution in [3.8, 4) is 0 Å². The van der Waals surface area contributed by atoms with Crippen LogP contribution in [0.4, 0.5) is 5.69 Å². The molecule has 0 radical (unpaired) electrons. The third-order valence-electron chi connectivity index (χ3n) is 1.12. The van der Waals surface area contributed by atoms with Crippen molar-refractivity contribution in [2.75, 3.05) is 5.32 Å². The molecule has 2 nitrogen and oxygen atoms in total. The van der Waals surface area contributed by atoms with E-state index in [0.717, 1.165) is 5.69 Å². The van der Waals surface area contributed by atoms with Crippen LogP contribution in [-0.2, 0) is 0 Å². The second-order valence-electron chi connectivity index (χ2n) is 2.54. The second-order valence-corrected chi connectivity index (χ2v) is 2.54. The number of anilines is 1. The molecule has 1 heterocycles. The molecule has 0 aliphatic rings. The van der Waals surface area contributed by atoms with E-state index >= 15 is 0 Å². The van der Waals surface area contributed by atoms with Gasteiger partial charge in [-0.2, -0.15) is 0 Å². The van der Waals surface area contributed by atoms with Crippen LogP contribution in [0.5, 0.6) is 0 Å². The lowest BCUT2D eigenvalue weighted by atomic mass is 10.3. The fourth-order valence-corrected chi connectivity index (χ4v) is 0.781. The van der Waals surface area contributed by atoms with E-state index in [1.54, 1.807) is 6.20 Å². The van der Waals surface area contributed by atoms with Crippen LogP contribution in [0.3, 0.4) is 0 Å². The summed E-state index contributed by atoms with van der Waals surface area (Å²) in [6.07, 6.45) is 3.59. The van der Waals surface area contributed by atoms with Crippen molar-refractivity contribution in [3.05, 3.63) is 24.5 Å². The van der Waals surface area contributed by atoms with Gasteiger partial charge in [-0.3, -0.25) is 4.98 Å². The molecule has 0 atom stereocenters. The molecule has 1 aromatic heterocycles. The first kappa shape index (κ1) is 11.0. The zero-order valence-corrected chi connectivity index (χ0v) is 8.33. The zero-order chi connectivity index (χ0) is 9.40. The predicted octanol–water partition coefficient (Wildman–Crippen LogP) is 2.93. The summed E-state index contributed by atoms with van der Waals surface area (Å²) in [6.45, 7) is 8.21. The molecule has 0 spiro atoms. The molecule has 0 bridgehead atoms. The van der Waals surface area contributed by atoms with Gasteiger partial charge in [0.2, 0.25) is 0 Å². The van der Waals surface area contributed by atoms with Crippen LogP contribution in [0, 0.1) is 0 Å². The van der Waals surface area contributed by atoms with Crippen LogP contribution in [0.15, 0.2) is 24.5 Å². The molecule has 0 aromatic carbocycles. The maximum atomic E-state index is 3.98. The molecule has 0 saturated heterocycles. The summed E-state index contributed by atoms with van der Waals surface area (Å²) < 4.78 is 0. The van der Waals surface area contributed by atoms with Crippen LogP contribution in [-0.4, -0.2) is 11.0 Å². The van der Waals surface area contributed by atoms with Crippen molar-refractivity contribution in [2.24, 2.45) is 0 Å². The van der Waals surface area contributed by atoms with Gasteiger partial charge in [0.15, 0.2) is 0 Å². The summed E-state index contributed by atoms with van der Waals surface area (Å²) in [6, 6.07) is 4.40. The average Bonchev–Trinajstić information content (AvgIpc) is 2.08. The van der Waals surface area contributed by atoms with E-state index in [1.165, 1.54) is 0 Å². The van der Waals surface area contributed by atoms with Gasteiger partial charge < -0.3 is 5.32 Å². The summed E-state index contributed by atoms with van der Waals surface area (Å²) in [5.41, 5.74) is 1.08. The van der Waals surface area contributed by atoms with E-state index < -0.39 is 0 Å². The molecule has 12 heavy (non-hydrogen) atoms. The van der Waals surface area contributed by atoms with Gasteiger partial charge in [-0.25, -0.2) is 0 Å². The lowest BCUT2D eigenvalue weighted by molar-refractivity contribution is 0.898. The minimum atomic E-state index is 0.476. The Labute approximate surface area is 75.0 Å². The molecule has 1 N–H and O–H groups in total. The molecule has 0 aliphatic heterocycles. The minimum Gasteiger partial charge on any atom is -0.382 e. The van der Waals surface area contributed by atoms with Crippen molar-refractivity contribution in [2.45, 2.75) is 33.7 Å². The Morgan fingerprint density at radius 2 is 2.00 bits per heavy atom. The number of aromatic nitrogens is 1. The van der Waals surface area contributed by atoms with E-state index in [9.17, 15) is 0 Å². The maximum Gasteiger partial charge on any atom is 0.0528 e. The van der Waals surface area contributed by atoms with Gasteiger partial charge in [0.05, 0.1) is 5.69 Å². The van der Waals surface area contributed by atoms with Crippen LogP contribution in [0.1, 0.15) is 27.7 Å². The SMILES string of the molecule is CC.CC(C)Nc1cccnc1. The fraction of sp³-hybridized carbons (Fsp3) is 0.500. The summed E-state index contributed by atoms with van der Waals surface area (Å²) in [7, 11) is 0. The van der Waals surface area contributed by atoms with Gasteiger partial charge in [0.1, 0.15) is 0 Å². The van der Waals surface area contributed by atoms with Gasteiger partial charge >= 0.3 is 0 Å². The van der Waals surface area contributed by atoms with Gasteiger partial charge in [-0.05, 0) is 26.0 Å². The van der Waals surface area contributed by atoms with Crippen molar-refractivity contribution in [1.82, 2.24) is 4.98 Å². The van der Waals surface area contributed by atoms with Gasteiger partial charge in [-0.15, -0.1) is 0 Å². The van der Waals surface area contributed by atoms with Crippen LogP contribution in [0.2, 0.25) is 0 Å². The third-order valence-corrected chi connectivity index (χ3v) is 1.12. The standard InChI is InChI=1S/C8H12N2.C2H6/c1-7(2)10-8-4-3-5-9-6-8;1-2/h3-7,10H,1-2H3;1-2H3. The molecular weight excluding hydrogens is 148 g/mol. The Kier molecular flexibility index (Phi) is 6.07. The number of pyridine rings is 1. The molecule has 1 aromatic rings. The smallest absolute Gasteiger partial charge is 0.0528 e. The van der Waals surface area contributed by atoms with E-state index in [-0.39, 0.29) is 0 Å². The monoisotopic (exact) mass is 166 g/mol. The van der Waals surface area contributed by atoms with Gasteiger partial charge in [0, 0.05) is 18.4 Å². The second kappa shape index (κ2) is 6.65. The Morgan fingerprint density at radius 3 is 2.42 bits per heavy atom. The molecule has 0 amide bonds. The number of nitrogens with one attached hydrogen (secondary N) is 1. The number of nitrogens with zero attached hydrogens (tertiary/aromatic N) is 1. The quantitative estimate of drug-likeness (QED) is 0.730. The molecule has 2 heteroatoms. The first-order valence-corrected chi connectivity index (χ1v) is 4.45. The lowest BCUT2D eigenvalue weighted by Crippen LogP contribution is -2.09. The Balaban J connectivity index is 0.000000561. The molecular formula is C10H18N2. The highest BCUT2D eigenvalue weighted by Gasteiger charge is 1.91. The van der Waals surface area contributed by atoms with Crippen molar-refractivity contribution in [1.29, 1.82) is 0 Å². The highest BCUT2D eigenvalue weighted by molar-refractivity contribution is 5.40. The largest absolute Gasteiger partial charge is 0.382 e. The summed E-state index contributed by atoms with van der Waals surface area (Å²) >= 11 is 0. The topological polar surface area (TPSA) is 24.9 Å². The Hall–Kier alpha value is -1.05. The molecule has 1 rings (SSSR count). The fourth-order valence-electron chi connectivity index (χ4n) is 0.781. The predicted molar refractivity (Wildman–Crippen MR) is 54.3 cm³/mol. The van der Waals surface area contributed by atoms with E-state index in [2.05, 4.69) is 24.1 Å². The minimum absolute atomic E-state index is 0.476. The summed E-state index contributed by atoms with van der Waals surface area (Å²) in [4.78, 5) is 3.98. The van der Waals surface area contributed by atoms with Crippen LogP contribution in [0.25, 0.3) is 0 Å². The Bertz CT molecular complexity index is 182. The molecule has 68 valence electrons.